The van der Waals surface area contributed by atoms with Crippen LogP contribution in [0.1, 0.15) is 10.4 Å². The lowest BCUT2D eigenvalue weighted by atomic mass is 10.0. The van der Waals surface area contributed by atoms with E-state index in [9.17, 15) is 9.59 Å². The molecule has 0 saturated carbocycles. The molecule has 3 rings (SSSR count). The molecule has 2 aromatic heterocycles. The van der Waals surface area contributed by atoms with Gasteiger partial charge < -0.3 is 10.5 Å². The number of fused-ring (bicyclic) bond motifs is 1. The number of aromatic nitrogens is 2. The molecular formula is C15H13N3O3S. The number of carbonyl (C=O) groups is 1. The number of allylic oxidation sites excluding steroid dienone is 4. The van der Waals surface area contributed by atoms with Gasteiger partial charge in [-0.2, -0.15) is 4.98 Å². The van der Waals surface area contributed by atoms with Gasteiger partial charge in [0.15, 0.2) is 10.7 Å². The van der Waals surface area contributed by atoms with Gasteiger partial charge in [-0.15, -0.1) is 11.3 Å². The van der Waals surface area contributed by atoms with E-state index in [0.29, 0.717) is 16.4 Å². The molecular weight excluding hydrogens is 302 g/mol. The van der Waals surface area contributed by atoms with E-state index in [4.69, 9.17) is 10.5 Å². The number of nitrogen functional groups attached to an aromatic ring is 1. The van der Waals surface area contributed by atoms with Crippen molar-refractivity contribution in [3.8, 4) is 0 Å². The lowest BCUT2D eigenvalue weighted by Crippen LogP contribution is -2.16. The Morgan fingerprint density at radius 2 is 2.14 bits per heavy atom. The van der Waals surface area contributed by atoms with Gasteiger partial charge in [-0.05, 0) is 30.7 Å². The van der Waals surface area contributed by atoms with Crippen LogP contribution in [-0.4, -0.2) is 22.3 Å². The van der Waals surface area contributed by atoms with Crippen molar-refractivity contribution >= 4 is 34.0 Å². The second kappa shape index (κ2) is 5.27. The molecule has 0 aromatic carbocycles. The van der Waals surface area contributed by atoms with Gasteiger partial charge in [0.05, 0.1) is 12.7 Å². The molecule has 0 aliphatic heterocycles. The van der Waals surface area contributed by atoms with Crippen LogP contribution < -0.4 is 11.3 Å². The maximum Gasteiger partial charge on any atom is 0.283 e. The number of nitrogens with two attached hydrogens (primary N) is 1. The summed E-state index contributed by atoms with van der Waals surface area (Å²) in [7, 11) is 1.42. The number of thiazole rings is 1. The fraction of sp³-hybridized carbons (Fsp3) is 0.133. The van der Waals surface area contributed by atoms with Crippen LogP contribution in [0.2, 0.25) is 0 Å². The number of ketones is 1. The lowest BCUT2D eigenvalue weighted by Gasteiger charge is -2.08. The summed E-state index contributed by atoms with van der Waals surface area (Å²) in [5, 5.41) is 0. The van der Waals surface area contributed by atoms with Crippen molar-refractivity contribution in [2.24, 2.45) is 0 Å². The highest BCUT2D eigenvalue weighted by Gasteiger charge is 2.14. The first kappa shape index (κ1) is 14.3. The van der Waals surface area contributed by atoms with Gasteiger partial charge in [0.25, 0.3) is 5.56 Å². The topological polar surface area (TPSA) is 86.7 Å². The average molecular weight is 315 g/mol. The Morgan fingerprint density at radius 1 is 1.36 bits per heavy atom. The summed E-state index contributed by atoms with van der Waals surface area (Å²) in [6.07, 6.45) is 8.00. The third kappa shape index (κ3) is 2.35. The number of ether oxygens (including phenoxy) is 1. The van der Waals surface area contributed by atoms with E-state index >= 15 is 0 Å². The molecule has 0 atom stereocenters. The molecule has 6 nitrogen and oxygen atoms in total. The van der Waals surface area contributed by atoms with Crippen molar-refractivity contribution in [3.05, 3.63) is 56.6 Å². The minimum absolute atomic E-state index is 0.216. The predicted molar refractivity (Wildman–Crippen MR) is 85.7 cm³/mol. The van der Waals surface area contributed by atoms with Crippen molar-refractivity contribution < 1.29 is 9.53 Å². The van der Waals surface area contributed by atoms with Crippen molar-refractivity contribution in [1.29, 1.82) is 0 Å². The number of hydrogen-bond donors (Lipinski definition) is 1. The molecule has 2 aromatic rings. The van der Waals surface area contributed by atoms with Gasteiger partial charge in [-0.25, -0.2) is 0 Å². The number of rotatable bonds is 2. The van der Waals surface area contributed by atoms with E-state index in [-0.39, 0.29) is 17.1 Å². The third-order valence-electron chi connectivity index (χ3n) is 3.23. The lowest BCUT2D eigenvalue weighted by molar-refractivity contribution is -0.114. The second-order valence-corrected chi connectivity index (χ2v) is 5.98. The largest absolute Gasteiger partial charge is 0.493 e. The highest BCUT2D eigenvalue weighted by atomic mass is 32.1. The Bertz CT molecular complexity index is 931. The normalized spacial score (nSPS) is 16.4. The zero-order chi connectivity index (χ0) is 15.9. The smallest absolute Gasteiger partial charge is 0.283 e. The fourth-order valence-electron chi connectivity index (χ4n) is 2.17. The maximum atomic E-state index is 12.2. The average Bonchev–Trinajstić information content (AvgIpc) is 2.85. The van der Waals surface area contributed by atoms with Crippen LogP contribution in [0.3, 0.4) is 0 Å². The summed E-state index contributed by atoms with van der Waals surface area (Å²) < 4.78 is 6.68. The zero-order valence-corrected chi connectivity index (χ0v) is 12.8. The van der Waals surface area contributed by atoms with Crippen molar-refractivity contribution in [2.75, 3.05) is 12.8 Å². The van der Waals surface area contributed by atoms with Gasteiger partial charge in [-0.3, -0.25) is 14.0 Å². The highest BCUT2D eigenvalue weighted by molar-refractivity contribution is 7.16. The quantitative estimate of drug-likeness (QED) is 0.911. The van der Waals surface area contributed by atoms with Crippen LogP contribution in [0.5, 0.6) is 0 Å². The van der Waals surface area contributed by atoms with Crippen molar-refractivity contribution in [3.63, 3.8) is 0 Å². The van der Waals surface area contributed by atoms with E-state index in [1.54, 1.807) is 22.6 Å². The number of aryl methyl sites for hydroxylation is 1. The molecule has 0 amide bonds. The standard InChI is InChI=1S/C15H13N3O3S/c1-8-7-18-13(16)10(14(20)17-15(18)22-8)5-9-3-4-11(19)12(6-9)21-2/h3-7H,16H2,1-2H3. The Labute approximate surface area is 129 Å². The zero-order valence-electron chi connectivity index (χ0n) is 12.0. The van der Waals surface area contributed by atoms with Gasteiger partial charge >= 0.3 is 0 Å². The van der Waals surface area contributed by atoms with E-state index in [2.05, 4.69) is 4.98 Å². The second-order valence-electron chi connectivity index (χ2n) is 4.76. The van der Waals surface area contributed by atoms with Crippen LogP contribution >= 0.6 is 11.3 Å². The summed E-state index contributed by atoms with van der Waals surface area (Å²) in [5.74, 6) is 0.323. The summed E-state index contributed by atoms with van der Waals surface area (Å²) >= 11 is 1.40. The van der Waals surface area contributed by atoms with Gasteiger partial charge in [0.2, 0.25) is 5.78 Å². The molecule has 22 heavy (non-hydrogen) atoms. The van der Waals surface area contributed by atoms with Gasteiger partial charge in [-0.1, -0.05) is 6.08 Å². The van der Waals surface area contributed by atoms with E-state index in [0.717, 1.165) is 4.88 Å². The molecule has 2 N–H and O–H groups in total. The Hall–Kier alpha value is -2.67. The molecule has 0 saturated heterocycles. The van der Waals surface area contributed by atoms with Crippen LogP contribution in [0.4, 0.5) is 5.82 Å². The summed E-state index contributed by atoms with van der Waals surface area (Å²) in [5.41, 5.74) is 6.62. The SMILES string of the molecule is COC1=CC(=Cc2c(N)n3cc(C)sc3nc2=O)C=CC1=O. The minimum Gasteiger partial charge on any atom is -0.493 e. The summed E-state index contributed by atoms with van der Waals surface area (Å²) in [4.78, 5) is 29.3. The first-order chi connectivity index (χ1) is 10.5. The first-order valence-corrected chi connectivity index (χ1v) is 7.29. The summed E-state index contributed by atoms with van der Waals surface area (Å²) in [6, 6.07) is 0. The molecule has 0 bridgehead atoms. The number of methoxy groups -OCH3 is 1. The number of hydrogen-bond acceptors (Lipinski definition) is 6. The molecule has 1 aliphatic carbocycles. The summed E-state index contributed by atoms with van der Waals surface area (Å²) in [6.45, 7) is 1.92. The predicted octanol–water partition coefficient (Wildman–Crippen LogP) is 1.70. The Balaban J connectivity index is 2.17. The third-order valence-corrected chi connectivity index (χ3v) is 4.13. The molecule has 2 heterocycles. The first-order valence-electron chi connectivity index (χ1n) is 6.47. The molecule has 0 spiro atoms. The Kier molecular flexibility index (Phi) is 3.42. The number of nitrogens with zero attached hydrogens (tertiary/aromatic N) is 2. The van der Waals surface area contributed by atoms with Crippen LogP contribution in [-0.2, 0) is 9.53 Å². The molecule has 7 heteroatoms. The van der Waals surface area contributed by atoms with Gasteiger partial charge in [0.1, 0.15) is 5.82 Å². The van der Waals surface area contributed by atoms with Crippen LogP contribution in [0.25, 0.3) is 11.0 Å². The fourth-order valence-corrected chi connectivity index (χ4v) is 2.99. The minimum atomic E-state index is -0.399. The molecule has 0 radical (unpaired) electrons. The maximum absolute atomic E-state index is 12.2. The monoisotopic (exact) mass is 315 g/mol. The van der Waals surface area contributed by atoms with Crippen molar-refractivity contribution in [1.82, 2.24) is 9.38 Å². The molecule has 0 fully saturated rings. The van der Waals surface area contributed by atoms with E-state index < -0.39 is 5.56 Å². The van der Waals surface area contributed by atoms with E-state index in [1.165, 1.54) is 24.5 Å². The van der Waals surface area contributed by atoms with E-state index in [1.807, 2.05) is 13.1 Å². The number of carbonyl (C=O) groups excluding carboxylic acids is 1. The molecule has 112 valence electrons. The Morgan fingerprint density at radius 3 is 2.86 bits per heavy atom. The van der Waals surface area contributed by atoms with Crippen molar-refractivity contribution in [2.45, 2.75) is 6.92 Å². The highest BCUT2D eigenvalue weighted by Crippen LogP contribution is 2.22. The number of anilines is 1. The molecule has 0 unspecified atom stereocenters. The van der Waals surface area contributed by atoms with Gasteiger partial charge in [0, 0.05) is 11.1 Å². The molecule has 1 aliphatic rings. The van der Waals surface area contributed by atoms with Crippen LogP contribution in [0.15, 0.2) is 40.6 Å². The van der Waals surface area contributed by atoms with Crippen LogP contribution in [0, 0.1) is 6.92 Å².